The molecule has 6 nitrogen and oxygen atoms in total. The van der Waals surface area contributed by atoms with Crippen LogP contribution in [0.5, 0.6) is 11.6 Å². The van der Waals surface area contributed by atoms with Crippen molar-refractivity contribution in [3.8, 4) is 11.6 Å². The SMILES string of the molecule is C=Cc1cnc(NC(=O)OC(C)(C)C)c(Oc2ccc(C)cc2)n1. The van der Waals surface area contributed by atoms with E-state index >= 15 is 0 Å². The number of nitrogens with one attached hydrogen (secondary N) is 1. The maximum Gasteiger partial charge on any atom is 0.413 e. The third-order valence-corrected chi connectivity index (χ3v) is 2.82. The zero-order chi connectivity index (χ0) is 17.7. The molecular formula is C18H21N3O3. The fourth-order valence-corrected chi connectivity index (χ4v) is 1.76. The van der Waals surface area contributed by atoms with Crippen molar-refractivity contribution in [3.05, 3.63) is 48.3 Å². The van der Waals surface area contributed by atoms with Crippen LogP contribution in [0.3, 0.4) is 0 Å². The van der Waals surface area contributed by atoms with Crippen molar-refractivity contribution in [3.63, 3.8) is 0 Å². The highest BCUT2D eigenvalue weighted by atomic mass is 16.6. The van der Waals surface area contributed by atoms with Gasteiger partial charge in [-0.1, -0.05) is 24.3 Å². The van der Waals surface area contributed by atoms with Gasteiger partial charge in [-0.05, 0) is 45.9 Å². The zero-order valence-electron chi connectivity index (χ0n) is 14.3. The number of aromatic nitrogens is 2. The van der Waals surface area contributed by atoms with E-state index in [1.165, 1.54) is 6.20 Å². The second-order valence-corrected chi connectivity index (χ2v) is 6.19. The summed E-state index contributed by atoms with van der Waals surface area (Å²) in [6.07, 6.45) is 2.41. The Labute approximate surface area is 141 Å². The minimum Gasteiger partial charge on any atom is -0.444 e. The van der Waals surface area contributed by atoms with Crippen molar-refractivity contribution >= 4 is 18.0 Å². The Hall–Kier alpha value is -2.89. The number of aryl methyl sites for hydroxylation is 1. The van der Waals surface area contributed by atoms with Gasteiger partial charge in [0.05, 0.1) is 11.9 Å². The van der Waals surface area contributed by atoms with Gasteiger partial charge in [-0.15, -0.1) is 0 Å². The number of ether oxygens (including phenoxy) is 2. The molecule has 1 N–H and O–H groups in total. The minimum absolute atomic E-state index is 0.169. The van der Waals surface area contributed by atoms with Crippen LogP contribution in [0, 0.1) is 6.92 Å². The Kier molecular flexibility index (Phi) is 5.18. The Morgan fingerprint density at radius 1 is 1.25 bits per heavy atom. The van der Waals surface area contributed by atoms with E-state index in [4.69, 9.17) is 9.47 Å². The highest BCUT2D eigenvalue weighted by Crippen LogP contribution is 2.26. The van der Waals surface area contributed by atoms with Gasteiger partial charge in [-0.2, -0.15) is 0 Å². The molecule has 1 aromatic carbocycles. The maximum atomic E-state index is 12.0. The highest BCUT2D eigenvalue weighted by Gasteiger charge is 2.19. The number of rotatable bonds is 4. The van der Waals surface area contributed by atoms with Gasteiger partial charge in [0.15, 0.2) is 5.82 Å². The van der Waals surface area contributed by atoms with E-state index in [1.807, 2.05) is 31.2 Å². The predicted octanol–water partition coefficient (Wildman–Crippen LogP) is 4.57. The number of anilines is 1. The Morgan fingerprint density at radius 2 is 1.92 bits per heavy atom. The summed E-state index contributed by atoms with van der Waals surface area (Å²) in [6.45, 7) is 11.0. The monoisotopic (exact) mass is 327 g/mol. The second-order valence-electron chi connectivity index (χ2n) is 6.19. The van der Waals surface area contributed by atoms with Gasteiger partial charge in [0.2, 0.25) is 0 Å². The molecule has 0 saturated heterocycles. The summed E-state index contributed by atoms with van der Waals surface area (Å²) >= 11 is 0. The van der Waals surface area contributed by atoms with Gasteiger partial charge in [-0.25, -0.2) is 14.8 Å². The van der Waals surface area contributed by atoms with E-state index in [-0.39, 0.29) is 11.7 Å². The topological polar surface area (TPSA) is 73.3 Å². The molecule has 0 saturated carbocycles. The molecule has 0 unspecified atom stereocenters. The summed E-state index contributed by atoms with van der Waals surface area (Å²) in [7, 11) is 0. The lowest BCUT2D eigenvalue weighted by molar-refractivity contribution is 0.0634. The van der Waals surface area contributed by atoms with Crippen molar-refractivity contribution in [2.75, 3.05) is 5.32 Å². The Balaban J connectivity index is 2.25. The molecule has 0 spiro atoms. The lowest BCUT2D eigenvalue weighted by atomic mass is 10.2. The van der Waals surface area contributed by atoms with E-state index in [9.17, 15) is 4.79 Å². The predicted molar refractivity (Wildman–Crippen MR) is 93.2 cm³/mol. The van der Waals surface area contributed by atoms with Crippen molar-refractivity contribution in [2.24, 2.45) is 0 Å². The first kappa shape index (κ1) is 17.5. The maximum absolute atomic E-state index is 12.0. The molecule has 1 heterocycles. The van der Waals surface area contributed by atoms with E-state index in [0.29, 0.717) is 11.4 Å². The summed E-state index contributed by atoms with van der Waals surface area (Å²) in [5.74, 6) is 0.931. The molecule has 0 aliphatic carbocycles. The van der Waals surface area contributed by atoms with Crippen molar-refractivity contribution in [1.82, 2.24) is 9.97 Å². The number of hydrogen-bond acceptors (Lipinski definition) is 5. The molecule has 126 valence electrons. The molecule has 2 aromatic rings. The van der Waals surface area contributed by atoms with E-state index < -0.39 is 11.7 Å². The standard InChI is InChI=1S/C18H21N3O3/c1-6-13-11-19-15(21-17(22)24-18(3,4)5)16(20-13)23-14-9-7-12(2)8-10-14/h6-11H,1H2,2-5H3,(H,19,21,22). The average Bonchev–Trinajstić information content (AvgIpc) is 2.49. The van der Waals surface area contributed by atoms with Gasteiger partial charge in [-0.3, -0.25) is 5.32 Å². The fourth-order valence-electron chi connectivity index (χ4n) is 1.76. The van der Waals surface area contributed by atoms with E-state index in [2.05, 4.69) is 21.9 Å². The van der Waals surface area contributed by atoms with Gasteiger partial charge in [0.1, 0.15) is 11.4 Å². The molecule has 0 atom stereocenters. The van der Waals surface area contributed by atoms with Crippen LogP contribution in [0.15, 0.2) is 37.0 Å². The van der Waals surface area contributed by atoms with Crippen LogP contribution in [0.25, 0.3) is 6.08 Å². The van der Waals surface area contributed by atoms with Crippen LogP contribution in [0.1, 0.15) is 32.0 Å². The number of amides is 1. The molecule has 0 aliphatic rings. The number of hydrogen-bond donors (Lipinski definition) is 1. The molecule has 0 fully saturated rings. The van der Waals surface area contributed by atoms with Gasteiger partial charge >= 0.3 is 6.09 Å². The summed E-state index contributed by atoms with van der Waals surface area (Å²) < 4.78 is 11.0. The number of carbonyl (C=O) groups is 1. The quantitative estimate of drug-likeness (QED) is 0.890. The molecule has 1 aromatic heterocycles. The lowest BCUT2D eigenvalue weighted by Crippen LogP contribution is -2.27. The van der Waals surface area contributed by atoms with Crippen LogP contribution in [0.4, 0.5) is 10.6 Å². The normalized spacial score (nSPS) is 10.8. The third-order valence-electron chi connectivity index (χ3n) is 2.82. The first-order chi connectivity index (χ1) is 11.3. The summed E-state index contributed by atoms with van der Waals surface area (Å²) in [6, 6.07) is 7.46. The molecule has 0 radical (unpaired) electrons. The van der Waals surface area contributed by atoms with Crippen LogP contribution in [-0.4, -0.2) is 21.7 Å². The van der Waals surface area contributed by atoms with Crippen molar-refractivity contribution in [2.45, 2.75) is 33.3 Å². The minimum atomic E-state index is -0.628. The molecule has 24 heavy (non-hydrogen) atoms. The van der Waals surface area contributed by atoms with Crippen molar-refractivity contribution < 1.29 is 14.3 Å². The fraction of sp³-hybridized carbons (Fsp3) is 0.278. The number of nitrogens with zero attached hydrogens (tertiary/aromatic N) is 2. The van der Waals surface area contributed by atoms with Gasteiger partial charge < -0.3 is 9.47 Å². The van der Waals surface area contributed by atoms with Crippen LogP contribution < -0.4 is 10.1 Å². The molecule has 0 aliphatic heterocycles. The van der Waals surface area contributed by atoms with Crippen LogP contribution >= 0.6 is 0 Å². The summed E-state index contributed by atoms with van der Waals surface area (Å²) in [5, 5.41) is 2.56. The molecule has 1 amide bonds. The van der Waals surface area contributed by atoms with Gasteiger partial charge in [0, 0.05) is 0 Å². The molecule has 6 heteroatoms. The third kappa shape index (κ3) is 5.08. The van der Waals surface area contributed by atoms with Crippen LogP contribution in [-0.2, 0) is 4.74 Å². The largest absolute Gasteiger partial charge is 0.444 e. The molecular weight excluding hydrogens is 306 g/mol. The lowest BCUT2D eigenvalue weighted by Gasteiger charge is -2.20. The molecule has 0 bridgehead atoms. The van der Waals surface area contributed by atoms with E-state index in [1.54, 1.807) is 26.8 Å². The first-order valence-electron chi connectivity index (χ1n) is 7.51. The number of carbonyl (C=O) groups excluding carboxylic acids is 1. The smallest absolute Gasteiger partial charge is 0.413 e. The van der Waals surface area contributed by atoms with Gasteiger partial charge in [0.25, 0.3) is 5.88 Å². The average molecular weight is 327 g/mol. The number of benzene rings is 1. The summed E-state index contributed by atoms with van der Waals surface area (Å²) in [5.41, 5.74) is 1.03. The van der Waals surface area contributed by atoms with E-state index in [0.717, 1.165) is 5.56 Å². The van der Waals surface area contributed by atoms with Crippen molar-refractivity contribution in [1.29, 1.82) is 0 Å². The van der Waals surface area contributed by atoms with Crippen LogP contribution in [0.2, 0.25) is 0 Å². The Bertz CT molecular complexity index is 734. The highest BCUT2D eigenvalue weighted by molar-refractivity contribution is 5.85. The zero-order valence-corrected chi connectivity index (χ0v) is 14.3. The first-order valence-corrected chi connectivity index (χ1v) is 7.51. The summed E-state index contributed by atoms with van der Waals surface area (Å²) in [4.78, 5) is 20.4. The Morgan fingerprint density at radius 3 is 2.50 bits per heavy atom. The second kappa shape index (κ2) is 7.12. The molecule has 2 rings (SSSR count).